The quantitative estimate of drug-likeness (QED) is 0.538. The number of halogens is 1. The molecule has 1 N–H and O–H groups in total. The molecule has 0 amide bonds. The molecule has 5 nitrogen and oxygen atoms in total. The zero-order chi connectivity index (χ0) is 17.7. The van der Waals surface area contributed by atoms with E-state index >= 15 is 0 Å². The maximum atomic E-state index is 4.90. The number of thiazole rings is 1. The number of benzene rings is 1. The summed E-state index contributed by atoms with van der Waals surface area (Å²) >= 11 is 1.84. The molecule has 140 valence electrons. The number of rotatable bonds is 2. The first-order valence-electron chi connectivity index (χ1n) is 9.12. The van der Waals surface area contributed by atoms with Gasteiger partial charge in [0, 0.05) is 11.5 Å². The van der Waals surface area contributed by atoms with Crippen molar-refractivity contribution in [2.24, 2.45) is 0 Å². The molecule has 1 fully saturated rings. The average Bonchev–Trinajstić information content (AvgIpc) is 3.24. The molecule has 0 aliphatic carbocycles. The van der Waals surface area contributed by atoms with Crippen LogP contribution in [0.5, 0.6) is 0 Å². The van der Waals surface area contributed by atoms with Crippen LogP contribution in [0.3, 0.4) is 0 Å². The molecule has 5 rings (SSSR count). The monoisotopic (exact) mass is 399 g/mol. The highest BCUT2D eigenvalue weighted by Gasteiger charge is 2.19. The van der Waals surface area contributed by atoms with Crippen molar-refractivity contribution in [1.82, 2.24) is 24.9 Å². The molecule has 7 heteroatoms. The summed E-state index contributed by atoms with van der Waals surface area (Å²) in [4.78, 5) is 9.44. The van der Waals surface area contributed by atoms with Gasteiger partial charge in [0.1, 0.15) is 0 Å². The predicted octanol–water partition coefficient (Wildman–Crippen LogP) is 4.51. The Labute approximate surface area is 168 Å². The second-order valence-corrected chi connectivity index (χ2v) is 8.18. The molecule has 0 unspecified atom stereocenters. The van der Waals surface area contributed by atoms with Crippen LogP contribution in [-0.4, -0.2) is 32.7 Å². The van der Waals surface area contributed by atoms with Crippen LogP contribution in [-0.2, 0) is 0 Å². The Morgan fingerprint density at radius 2 is 1.93 bits per heavy atom. The normalized spacial score (nSPS) is 15.3. The molecule has 27 heavy (non-hydrogen) atoms. The molecule has 0 bridgehead atoms. The van der Waals surface area contributed by atoms with Crippen molar-refractivity contribution in [3.8, 4) is 11.3 Å². The van der Waals surface area contributed by atoms with Crippen LogP contribution in [0.1, 0.15) is 35.0 Å². The SMILES string of the molecule is Cc1cn2nc(-c3ccc4nc(C5CCNCC5)sc4c3)cc(C)c2n1.Cl. The lowest BCUT2D eigenvalue weighted by atomic mass is 9.99. The van der Waals surface area contributed by atoms with E-state index in [2.05, 4.69) is 41.5 Å². The van der Waals surface area contributed by atoms with Crippen molar-refractivity contribution in [3.05, 3.63) is 46.7 Å². The van der Waals surface area contributed by atoms with E-state index in [1.807, 2.05) is 29.0 Å². The number of piperidine rings is 1. The molecule has 0 spiro atoms. The molecule has 1 aliphatic heterocycles. The molecule has 1 saturated heterocycles. The van der Waals surface area contributed by atoms with Gasteiger partial charge < -0.3 is 5.32 Å². The summed E-state index contributed by atoms with van der Waals surface area (Å²) < 4.78 is 3.13. The second-order valence-electron chi connectivity index (χ2n) is 7.12. The van der Waals surface area contributed by atoms with E-state index in [0.29, 0.717) is 5.92 Å². The first-order valence-corrected chi connectivity index (χ1v) is 9.94. The van der Waals surface area contributed by atoms with Crippen LogP contribution in [0.15, 0.2) is 30.5 Å². The summed E-state index contributed by atoms with van der Waals surface area (Å²) in [5, 5.41) is 9.47. The lowest BCUT2D eigenvalue weighted by Gasteiger charge is -2.20. The molecule has 1 aliphatic rings. The summed E-state index contributed by atoms with van der Waals surface area (Å²) in [5.41, 5.74) is 6.27. The van der Waals surface area contributed by atoms with E-state index in [1.165, 1.54) is 22.5 Å². The van der Waals surface area contributed by atoms with Gasteiger partial charge in [-0.3, -0.25) is 0 Å². The van der Waals surface area contributed by atoms with Crippen molar-refractivity contribution >= 4 is 39.6 Å². The molecular weight excluding hydrogens is 378 g/mol. The molecule has 4 aromatic rings. The fraction of sp³-hybridized carbons (Fsp3) is 0.350. The zero-order valence-electron chi connectivity index (χ0n) is 15.4. The number of fused-ring (bicyclic) bond motifs is 2. The maximum absolute atomic E-state index is 4.90. The number of imidazole rings is 1. The van der Waals surface area contributed by atoms with E-state index < -0.39 is 0 Å². The van der Waals surface area contributed by atoms with Crippen molar-refractivity contribution in [2.45, 2.75) is 32.6 Å². The third-order valence-corrected chi connectivity index (χ3v) is 6.30. The van der Waals surface area contributed by atoms with E-state index in [4.69, 9.17) is 10.1 Å². The Bertz CT molecular complexity index is 1110. The van der Waals surface area contributed by atoms with Gasteiger partial charge in [0.05, 0.1) is 32.8 Å². The molecule has 4 heterocycles. The van der Waals surface area contributed by atoms with Crippen LogP contribution in [0.2, 0.25) is 0 Å². The first-order chi connectivity index (χ1) is 12.7. The van der Waals surface area contributed by atoms with E-state index in [-0.39, 0.29) is 12.4 Å². The van der Waals surface area contributed by atoms with Crippen molar-refractivity contribution in [3.63, 3.8) is 0 Å². The highest BCUT2D eigenvalue weighted by atomic mass is 35.5. The lowest BCUT2D eigenvalue weighted by molar-refractivity contribution is 0.459. The van der Waals surface area contributed by atoms with Gasteiger partial charge in [0.15, 0.2) is 5.65 Å². The zero-order valence-corrected chi connectivity index (χ0v) is 17.0. The van der Waals surface area contributed by atoms with Crippen LogP contribution >= 0.6 is 23.7 Å². The smallest absolute Gasteiger partial charge is 0.156 e. The molecule has 0 saturated carbocycles. The van der Waals surface area contributed by atoms with Gasteiger partial charge in [-0.25, -0.2) is 14.5 Å². The van der Waals surface area contributed by atoms with Crippen molar-refractivity contribution in [1.29, 1.82) is 0 Å². The number of aromatic nitrogens is 4. The van der Waals surface area contributed by atoms with Gasteiger partial charge in [-0.1, -0.05) is 6.07 Å². The lowest BCUT2D eigenvalue weighted by Crippen LogP contribution is -2.26. The Morgan fingerprint density at radius 1 is 1.11 bits per heavy atom. The van der Waals surface area contributed by atoms with E-state index in [1.54, 1.807) is 0 Å². The number of aryl methyl sites for hydroxylation is 2. The number of nitrogens with zero attached hydrogens (tertiary/aromatic N) is 4. The molecule has 1 aromatic carbocycles. The summed E-state index contributed by atoms with van der Waals surface area (Å²) in [6.45, 7) is 6.28. The summed E-state index contributed by atoms with van der Waals surface area (Å²) in [6, 6.07) is 8.62. The van der Waals surface area contributed by atoms with Crippen LogP contribution < -0.4 is 5.32 Å². The van der Waals surface area contributed by atoms with E-state index in [9.17, 15) is 0 Å². The first kappa shape index (κ1) is 18.3. The Kier molecular flexibility index (Phi) is 4.88. The average molecular weight is 400 g/mol. The van der Waals surface area contributed by atoms with Gasteiger partial charge in [-0.05, 0) is 63.5 Å². The standard InChI is InChI=1S/C20H21N5S.ClH/c1-12-9-17(24-25-11-13(2)22-19(12)25)15-3-4-16-18(10-15)26-20(23-16)14-5-7-21-8-6-14;/h3-4,9-11,14,21H,5-8H2,1-2H3;1H. The minimum absolute atomic E-state index is 0. The minimum atomic E-state index is 0. The highest BCUT2D eigenvalue weighted by molar-refractivity contribution is 7.18. The van der Waals surface area contributed by atoms with Gasteiger partial charge in [0.2, 0.25) is 0 Å². The molecule has 0 radical (unpaired) electrons. The summed E-state index contributed by atoms with van der Waals surface area (Å²) in [6.07, 6.45) is 4.35. The third kappa shape index (κ3) is 3.33. The third-order valence-electron chi connectivity index (χ3n) is 5.12. The maximum Gasteiger partial charge on any atom is 0.156 e. The van der Waals surface area contributed by atoms with Gasteiger partial charge >= 0.3 is 0 Å². The fourth-order valence-corrected chi connectivity index (χ4v) is 4.91. The molecule has 3 aromatic heterocycles. The van der Waals surface area contributed by atoms with Gasteiger partial charge in [-0.15, -0.1) is 23.7 Å². The predicted molar refractivity (Wildman–Crippen MR) is 113 cm³/mol. The molecular formula is C20H22ClN5S. The van der Waals surface area contributed by atoms with Gasteiger partial charge in [-0.2, -0.15) is 5.10 Å². The number of hydrogen-bond acceptors (Lipinski definition) is 5. The van der Waals surface area contributed by atoms with Crippen LogP contribution in [0, 0.1) is 13.8 Å². The topological polar surface area (TPSA) is 55.1 Å². The number of hydrogen-bond donors (Lipinski definition) is 1. The highest BCUT2D eigenvalue weighted by Crippen LogP contribution is 2.34. The van der Waals surface area contributed by atoms with E-state index in [0.717, 1.165) is 46.8 Å². The largest absolute Gasteiger partial charge is 0.317 e. The molecule has 0 atom stereocenters. The van der Waals surface area contributed by atoms with Gasteiger partial charge in [0.25, 0.3) is 0 Å². The summed E-state index contributed by atoms with van der Waals surface area (Å²) in [7, 11) is 0. The number of nitrogens with one attached hydrogen (secondary N) is 1. The Morgan fingerprint density at radius 3 is 2.74 bits per heavy atom. The van der Waals surface area contributed by atoms with Crippen molar-refractivity contribution < 1.29 is 0 Å². The van der Waals surface area contributed by atoms with Crippen LogP contribution in [0.25, 0.3) is 27.1 Å². The van der Waals surface area contributed by atoms with Crippen LogP contribution in [0.4, 0.5) is 0 Å². The Hall–Kier alpha value is -2.02. The van der Waals surface area contributed by atoms with Crippen molar-refractivity contribution in [2.75, 3.05) is 13.1 Å². The second kappa shape index (κ2) is 7.19. The summed E-state index contributed by atoms with van der Waals surface area (Å²) in [5.74, 6) is 0.600. The minimum Gasteiger partial charge on any atom is -0.317 e. The Balaban J connectivity index is 0.00000180. The fourth-order valence-electron chi connectivity index (χ4n) is 3.73.